The highest BCUT2D eigenvalue weighted by molar-refractivity contribution is 5.04. The molecule has 0 amide bonds. The molecule has 0 aliphatic carbocycles. The highest BCUT2D eigenvalue weighted by Crippen LogP contribution is 2.28. The van der Waals surface area contributed by atoms with Crippen molar-refractivity contribution in [2.24, 2.45) is 11.7 Å². The van der Waals surface area contributed by atoms with Gasteiger partial charge in [-0.2, -0.15) is 18.3 Å². The minimum absolute atomic E-state index is 0.298. The number of aliphatic hydroxyl groups is 1. The molecule has 0 saturated carbocycles. The molecule has 0 spiro atoms. The molecule has 0 aliphatic rings. The average Bonchev–Trinajstić information content (AvgIpc) is 2.66. The fourth-order valence-electron chi connectivity index (χ4n) is 1.79. The van der Waals surface area contributed by atoms with E-state index in [4.69, 9.17) is 5.73 Å². The molecule has 7 heteroatoms. The summed E-state index contributed by atoms with van der Waals surface area (Å²) in [6.45, 7) is 3.57. The van der Waals surface area contributed by atoms with Crippen LogP contribution in [0.25, 0.3) is 0 Å². The molecule has 0 fully saturated rings. The zero-order valence-corrected chi connectivity index (χ0v) is 10.4. The van der Waals surface area contributed by atoms with Crippen molar-refractivity contribution in [1.82, 2.24) is 9.78 Å². The number of alkyl halides is 3. The van der Waals surface area contributed by atoms with E-state index in [1.54, 1.807) is 0 Å². The van der Waals surface area contributed by atoms with Crippen LogP contribution in [-0.2, 0) is 6.18 Å². The predicted octanol–water partition coefficient (Wildman–Crippen LogP) is 1.81. The first-order valence-corrected chi connectivity index (χ1v) is 5.74. The van der Waals surface area contributed by atoms with Gasteiger partial charge in [-0.25, -0.2) is 0 Å². The Hall–Kier alpha value is -1.08. The maximum Gasteiger partial charge on any atom is 0.435 e. The zero-order chi connectivity index (χ0) is 13.9. The lowest BCUT2D eigenvalue weighted by Crippen LogP contribution is -2.36. The SMILES string of the molecule is CC(C)CC(N)C(CO)n1ccc(C(F)(F)F)n1. The van der Waals surface area contributed by atoms with Gasteiger partial charge in [0.1, 0.15) is 0 Å². The summed E-state index contributed by atoms with van der Waals surface area (Å²) in [7, 11) is 0. The van der Waals surface area contributed by atoms with Crippen LogP contribution in [0.2, 0.25) is 0 Å². The van der Waals surface area contributed by atoms with Gasteiger partial charge in [-0.05, 0) is 18.4 Å². The van der Waals surface area contributed by atoms with Crippen LogP contribution in [0.15, 0.2) is 12.3 Å². The number of rotatable bonds is 5. The van der Waals surface area contributed by atoms with Crippen LogP contribution >= 0.6 is 0 Å². The Labute approximate surface area is 104 Å². The Bertz CT molecular complexity index is 376. The molecule has 1 rings (SSSR count). The predicted molar refractivity (Wildman–Crippen MR) is 60.8 cm³/mol. The second-order valence-electron chi connectivity index (χ2n) is 4.72. The van der Waals surface area contributed by atoms with Crippen LogP contribution in [0.5, 0.6) is 0 Å². The van der Waals surface area contributed by atoms with E-state index in [0.717, 1.165) is 10.7 Å². The van der Waals surface area contributed by atoms with Gasteiger partial charge in [-0.15, -0.1) is 0 Å². The molecule has 1 heterocycles. The number of aromatic nitrogens is 2. The van der Waals surface area contributed by atoms with Crippen molar-refractivity contribution >= 4 is 0 Å². The Morgan fingerprint density at radius 1 is 1.44 bits per heavy atom. The second kappa shape index (κ2) is 5.71. The number of nitrogens with zero attached hydrogens (tertiary/aromatic N) is 2. The van der Waals surface area contributed by atoms with Crippen molar-refractivity contribution < 1.29 is 18.3 Å². The molecule has 0 radical (unpaired) electrons. The van der Waals surface area contributed by atoms with Gasteiger partial charge in [-0.3, -0.25) is 4.68 Å². The van der Waals surface area contributed by atoms with E-state index in [9.17, 15) is 18.3 Å². The summed E-state index contributed by atoms with van der Waals surface area (Å²) in [5.74, 6) is 0.298. The highest BCUT2D eigenvalue weighted by Gasteiger charge is 2.34. The van der Waals surface area contributed by atoms with Crippen LogP contribution in [0.1, 0.15) is 32.0 Å². The summed E-state index contributed by atoms with van der Waals surface area (Å²) in [5, 5.41) is 12.7. The summed E-state index contributed by atoms with van der Waals surface area (Å²) >= 11 is 0. The third-order valence-corrected chi connectivity index (χ3v) is 2.66. The summed E-state index contributed by atoms with van der Waals surface area (Å²) in [6.07, 6.45) is -2.68. The zero-order valence-electron chi connectivity index (χ0n) is 10.4. The molecular formula is C11H18F3N3O. The fraction of sp³-hybridized carbons (Fsp3) is 0.727. The topological polar surface area (TPSA) is 64.1 Å². The molecule has 2 atom stereocenters. The van der Waals surface area contributed by atoms with Crippen molar-refractivity contribution in [2.45, 2.75) is 38.5 Å². The van der Waals surface area contributed by atoms with Crippen LogP contribution in [0, 0.1) is 5.92 Å². The summed E-state index contributed by atoms with van der Waals surface area (Å²) in [4.78, 5) is 0. The first kappa shape index (κ1) is 15.0. The third-order valence-electron chi connectivity index (χ3n) is 2.66. The van der Waals surface area contributed by atoms with Crippen molar-refractivity contribution in [1.29, 1.82) is 0 Å². The van der Waals surface area contributed by atoms with Gasteiger partial charge in [0.05, 0.1) is 12.6 Å². The first-order valence-electron chi connectivity index (χ1n) is 5.74. The average molecular weight is 265 g/mol. The Kier molecular flexibility index (Phi) is 4.75. The lowest BCUT2D eigenvalue weighted by Gasteiger charge is -2.23. The molecule has 0 bridgehead atoms. The molecule has 104 valence electrons. The van der Waals surface area contributed by atoms with Gasteiger partial charge in [0.25, 0.3) is 0 Å². The molecule has 3 N–H and O–H groups in total. The van der Waals surface area contributed by atoms with E-state index in [0.29, 0.717) is 12.3 Å². The maximum atomic E-state index is 12.4. The van der Waals surface area contributed by atoms with E-state index >= 15 is 0 Å². The molecule has 0 saturated heterocycles. The number of nitrogens with two attached hydrogens (primary N) is 1. The van der Waals surface area contributed by atoms with Gasteiger partial charge in [-0.1, -0.05) is 13.8 Å². The van der Waals surface area contributed by atoms with E-state index in [2.05, 4.69) is 5.10 Å². The van der Waals surface area contributed by atoms with Gasteiger partial charge in [0, 0.05) is 12.2 Å². The Morgan fingerprint density at radius 2 is 2.06 bits per heavy atom. The lowest BCUT2D eigenvalue weighted by molar-refractivity contribution is -0.141. The lowest BCUT2D eigenvalue weighted by atomic mass is 9.99. The summed E-state index contributed by atoms with van der Waals surface area (Å²) < 4.78 is 38.3. The molecule has 18 heavy (non-hydrogen) atoms. The quantitative estimate of drug-likeness (QED) is 0.853. The molecule has 1 aromatic rings. The standard InChI is InChI=1S/C11H18F3N3O/c1-7(2)5-8(15)9(6-18)17-4-3-10(16-17)11(12,13)14/h3-4,7-9,18H,5-6,15H2,1-2H3. The van der Waals surface area contributed by atoms with E-state index in [1.807, 2.05) is 13.8 Å². The van der Waals surface area contributed by atoms with Crippen LogP contribution in [-0.4, -0.2) is 27.5 Å². The minimum atomic E-state index is -4.48. The second-order valence-corrected chi connectivity index (χ2v) is 4.72. The van der Waals surface area contributed by atoms with Gasteiger partial charge in [0.2, 0.25) is 0 Å². The van der Waals surface area contributed by atoms with E-state index < -0.39 is 24.0 Å². The fourth-order valence-corrected chi connectivity index (χ4v) is 1.79. The van der Waals surface area contributed by atoms with Crippen molar-refractivity contribution in [3.63, 3.8) is 0 Å². The maximum absolute atomic E-state index is 12.4. The van der Waals surface area contributed by atoms with Gasteiger partial charge < -0.3 is 10.8 Å². The van der Waals surface area contributed by atoms with Gasteiger partial charge in [0.15, 0.2) is 5.69 Å². The summed E-state index contributed by atoms with van der Waals surface area (Å²) in [6, 6.07) is -0.190. The molecular weight excluding hydrogens is 247 g/mol. The summed E-state index contributed by atoms with van der Waals surface area (Å²) in [5.41, 5.74) is 4.90. The Balaban J connectivity index is 2.86. The largest absolute Gasteiger partial charge is 0.435 e. The molecule has 0 aromatic carbocycles. The van der Waals surface area contributed by atoms with Gasteiger partial charge >= 0.3 is 6.18 Å². The van der Waals surface area contributed by atoms with Crippen molar-refractivity contribution in [2.75, 3.05) is 6.61 Å². The number of hydrogen-bond acceptors (Lipinski definition) is 3. The highest BCUT2D eigenvalue weighted by atomic mass is 19.4. The smallest absolute Gasteiger partial charge is 0.394 e. The van der Waals surface area contributed by atoms with Crippen LogP contribution in [0.3, 0.4) is 0 Å². The normalized spacial score (nSPS) is 16.0. The van der Waals surface area contributed by atoms with E-state index in [1.165, 1.54) is 6.20 Å². The van der Waals surface area contributed by atoms with Crippen molar-refractivity contribution in [3.8, 4) is 0 Å². The number of hydrogen-bond donors (Lipinski definition) is 2. The Morgan fingerprint density at radius 3 is 2.44 bits per heavy atom. The number of aliphatic hydroxyl groups excluding tert-OH is 1. The molecule has 2 unspecified atom stereocenters. The number of halogens is 3. The molecule has 0 aliphatic heterocycles. The van der Waals surface area contributed by atoms with Crippen LogP contribution < -0.4 is 5.73 Å². The third kappa shape index (κ3) is 3.71. The minimum Gasteiger partial charge on any atom is -0.394 e. The first-order chi connectivity index (χ1) is 8.25. The molecule has 4 nitrogen and oxygen atoms in total. The monoisotopic (exact) mass is 265 g/mol. The van der Waals surface area contributed by atoms with Crippen LogP contribution in [0.4, 0.5) is 13.2 Å². The van der Waals surface area contributed by atoms with Crippen molar-refractivity contribution in [3.05, 3.63) is 18.0 Å². The van der Waals surface area contributed by atoms with E-state index in [-0.39, 0.29) is 6.61 Å². The molecule has 1 aromatic heterocycles.